The molecule has 0 fully saturated rings. The van der Waals surface area contributed by atoms with Gasteiger partial charge in [-0.15, -0.1) is 0 Å². The third kappa shape index (κ3) is 5.61. The first-order valence-electron chi connectivity index (χ1n) is 8.91. The van der Waals surface area contributed by atoms with E-state index in [4.69, 9.17) is 9.47 Å². The third-order valence-corrected chi connectivity index (χ3v) is 4.15. The van der Waals surface area contributed by atoms with E-state index in [1.807, 2.05) is 48.5 Å². The Balaban J connectivity index is 1.53. The number of hydrogen-bond donors (Lipinski definition) is 1. The number of methoxy groups -OCH3 is 1. The summed E-state index contributed by atoms with van der Waals surface area (Å²) < 4.78 is 11.2. The molecular weight excluding hydrogens is 336 g/mol. The Morgan fingerprint density at radius 1 is 0.963 bits per heavy atom. The number of hydrogen-bond acceptors (Lipinski definition) is 4. The molecule has 4 nitrogen and oxygen atoms in total. The highest BCUT2D eigenvalue weighted by atomic mass is 16.5. The molecule has 0 radical (unpaired) electrons. The van der Waals surface area contributed by atoms with E-state index in [0.29, 0.717) is 13.2 Å². The average molecular weight is 360 g/mol. The van der Waals surface area contributed by atoms with Gasteiger partial charge >= 0.3 is 0 Å². The predicted octanol–water partition coefficient (Wildman–Crippen LogP) is 4.71. The van der Waals surface area contributed by atoms with Crippen molar-refractivity contribution in [3.63, 3.8) is 0 Å². The molecule has 138 valence electrons. The summed E-state index contributed by atoms with van der Waals surface area (Å²) in [5.41, 5.74) is 7.49. The fourth-order valence-corrected chi connectivity index (χ4v) is 2.64. The van der Waals surface area contributed by atoms with Gasteiger partial charge < -0.3 is 14.9 Å². The Bertz CT molecular complexity index is 889. The Hall–Kier alpha value is -3.27. The second-order valence-electron chi connectivity index (χ2n) is 6.25. The van der Waals surface area contributed by atoms with E-state index in [0.717, 1.165) is 28.2 Å². The number of nitrogens with one attached hydrogen (secondary N) is 1. The maximum atomic E-state index is 5.88. The van der Waals surface area contributed by atoms with Crippen LogP contribution in [0.5, 0.6) is 11.5 Å². The van der Waals surface area contributed by atoms with Crippen LogP contribution in [0.2, 0.25) is 0 Å². The van der Waals surface area contributed by atoms with E-state index in [1.54, 1.807) is 13.3 Å². The Kier molecular flexibility index (Phi) is 6.47. The molecule has 27 heavy (non-hydrogen) atoms. The summed E-state index contributed by atoms with van der Waals surface area (Å²) in [6, 6.07) is 24.1. The van der Waals surface area contributed by atoms with Crippen LogP contribution in [0, 0.1) is 6.92 Å². The Labute approximate surface area is 160 Å². The molecule has 0 atom stereocenters. The van der Waals surface area contributed by atoms with Gasteiger partial charge in [-0.1, -0.05) is 60.2 Å². The van der Waals surface area contributed by atoms with Crippen LogP contribution in [0.4, 0.5) is 0 Å². The largest absolute Gasteiger partial charge is 0.496 e. The molecule has 3 rings (SSSR count). The first kappa shape index (κ1) is 18.5. The highest BCUT2D eigenvalue weighted by Gasteiger charge is 2.00. The summed E-state index contributed by atoms with van der Waals surface area (Å²) in [4.78, 5) is 0. The van der Waals surface area contributed by atoms with Crippen molar-refractivity contribution in [2.75, 3.05) is 7.11 Å². The van der Waals surface area contributed by atoms with Gasteiger partial charge in [0.25, 0.3) is 0 Å². The molecule has 0 saturated carbocycles. The quantitative estimate of drug-likeness (QED) is 0.467. The maximum Gasteiger partial charge on any atom is 0.123 e. The molecule has 0 aromatic heterocycles. The van der Waals surface area contributed by atoms with E-state index >= 15 is 0 Å². The first-order valence-corrected chi connectivity index (χ1v) is 8.91. The lowest BCUT2D eigenvalue weighted by molar-refractivity contribution is 0.306. The number of ether oxygens (including phenoxy) is 2. The fourth-order valence-electron chi connectivity index (χ4n) is 2.64. The number of rotatable bonds is 8. The minimum Gasteiger partial charge on any atom is -0.496 e. The Morgan fingerprint density at radius 2 is 1.78 bits per heavy atom. The van der Waals surface area contributed by atoms with Gasteiger partial charge in [0, 0.05) is 5.56 Å². The van der Waals surface area contributed by atoms with Crippen LogP contribution in [0.3, 0.4) is 0 Å². The van der Waals surface area contributed by atoms with Gasteiger partial charge in [-0.05, 0) is 36.2 Å². The summed E-state index contributed by atoms with van der Waals surface area (Å²) in [7, 11) is 1.67. The van der Waals surface area contributed by atoms with E-state index in [1.165, 1.54) is 5.56 Å². The maximum absolute atomic E-state index is 5.88. The second-order valence-corrected chi connectivity index (χ2v) is 6.25. The van der Waals surface area contributed by atoms with Gasteiger partial charge in [-0.3, -0.25) is 0 Å². The van der Waals surface area contributed by atoms with Crippen molar-refractivity contribution in [2.24, 2.45) is 5.10 Å². The van der Waals surface area contributed by atoms with Crippen molar-refractivity contribution in [1.29, 1.82) is 0 Å². The van der Waals surface area contributed by atoms with E-state index < -0.39 is 0 Å². The van der Waals surface area contributed by atoms with Crippen molar-refractivity contribution in [1.82, 2.24) is 5.43 Å². The fraction of sp³-hybridized carbons (Fsp3) is 0.174. The number of para-hydroxylation sites is 1. The molecule has 0 amide bonds. The molecular formula is C23H24N2O2. The van der Waals surface area contributed by atoms with Crippen LogP contribution in [0.15, 0.2) is 77.9 Å². The molecule has 3 aromatic rings. The van der Waals surface area contributed by atoms with Crippen LogP contribution in [0.1, 0.15) is 22.3 Å². The lowest BCUT2D eigenvalue weighted by Gasteiger charge is -2.08. The van der Waals surface area contributed by atoms with Gasteiger partial charge in [-0.2, -0.15) is 5.10 Å². The smallest absolute Gasteiger partial charge is 0.123 e. The van der Waals surface area contributed by atoms with Crippen molar-refractivity contribution in [3.8, 4) is 11.5 Å². The van der Waals surface area contributed by atoms with Crippen molar-refractivity contribution >= 4 is 6.21 Å². The van der Waals surface area contributed by atoms with E-state index in [2.05, 4.69) is 41.7 Å². The van der Waals surface area contributed by atoms with E-state index in [9.17, 15) is 0 Å². The zero-order chi connectivity index (χ0) is 18.9. The third-order valence-electron chi connectivity index (χ3n) is 4.15. The molecule has 0 spiro atoms. The summed E-state index contributed by atoms with van der Waals surface area (Å²) in [6.45, 7) is 3.23. The Morgan fingerprint density at radius 3 is 2.59 bits per heavy atom. The number of benzene rings is 3. The van der Waals surface area contributed by atoms with Crippen molar-refractivity contribution in [2.45, 2.75) is 20.1 Å². The molecule has 0 bridgehead atoms. The van der Waals surface area contributed by atoms with Crippen molar-refractivity contribution in [3.05, 3.63) is 95.1 Å². The molecule has 0 saturated heterocycles. The molecule has 3 aromatic carbocycles. The summed E-state index contributed by atoms with van der Waals surface area (Å²) in [6.07, 6.45) is 1.79. The van der Waals surface area contributed by atoms with Crippen LogP contribution >= 0.6 is 0 Å². The SMILES string of the molecule is COc1ccccc1CN/N=C/c1cccc(OCc2ccc(C)cc2)c1. The van der Waals surface area contributed by atoms with Crippen LogP contribution in [-0.2, 0) is 13.2 Å². The zero-order valence-electron chi connectivity index (χ0n) is 15.7. The standard InChI is InChI=1S/C23H24N2O2/c1-18-10-12-19(13-11-18)17-27-22-8-5-6-20(14-22)15-24-25-16-21-7-3-4-9-23(21)26-2/h3-15,25H,16-17H2,1-2H3/b24-15+. The predicted molar refractivity (Wildman–Crippen MR) is 109 cm³/mol. The number of aryl methyl sites for hydroxylation is 1. The van der Waals surface area contributed by atoms with Crippen LogP contribution in [-0.4, -0.2) is 13.3 Å². The van der Waals surface area contributed by atoms with Gasteiger partial charge in [-0.25, -0.2) is 0 Å². The first-order chi connectivity index (χ1) is 13.2. The topological polar surface area (TPSA) is 42.8 Å². The highest BCUT2D eigenvalue weighted by molar-refractivity contribution is 5.79. The molecule has 0 aliphatic rings. The molecule has 1 N–H and O–H groups in total. The molecule has 0 unspecified atom stereocenters. The molecule has 0 aliphatic heterocycles. The van der Waals surface area contributed by atoms with Crippen LogP contribution < -0.4 is 14.9 Å². The zero-order valence-corrected chi connectivity index (χ0v) is 15.7. The summed E-state index contributed by atoms with van der Waals surface area (Å²) in [5, 5.41) is 4.30. The van der Waals surface area contributed by atoms with Gasteiger partial charge in [0.15, 0.2) is 0 Å². The van der Waals surface area contributed by atoms with Gasteiger partial charge in [0.2, 0.25) is 0 Å². The number of nitrogens with zero attached hydrogens (tertiary/aromatic N) is 1. The van der Waals surface area contributed by atoms with Gasteiger partial charge in [0.1, 0.15) is 18.1 Å². The average Bonchev–Trinajstić information content (AvgIpc) is 2.71. The second kappa shape index (κ2) is 9.43. The minimum absolute atomic E-state index is 0.549. The van der Waals surface area contributed by atoms with Gasteiger partial charge in [0.05, 0.1) is 19.9 Å². The highest BCUT2D eigenvalue weighted by Crippen LogP contribution is 2.17. The monoisotopic (exact) mass is 360 g/mol. The lowest BCUT2D eigenvalue weighted by atomic mass is 10.2. The summed E-state index contributed by atoms with van der Waals surface area (Å²) in [5.74, 6) is 1.68. The molecule has 4 heteroatoms. The molecule has 0 heterocycles. The summed E-state index contributed by atoms with van der Waals surface area (Å²) >= 11 is 0. The van der Waals surface area contributed by atoms with Crippen LogP contribution in [0.25, 0.3) is 0 Å². The lowest BCUT2D eigenvalue weighted by Crippen LogP contribution is -2.06. The normalized spacial score (nSPS) is 10.7. The van der Waals surface area contributed by atoms with E-state index in [-0.39, 0.29) is 0 Å². The van der Waals surface area contributed by atoms with Crippen molar-refractivity contribution < 1.29 is 9.47 Å². The molecule has 0 aliphatic carbocycles. The number of hydrazone groups is 1. The minimum atomic E-state index is 0.549.